The van der Waals surface area contributed by atoms with Gasteiger partial charge in [0.15, 0.2) is 5.69 Å². The minimum absolute atomic E-state index is 0.0438. The number of carbonyl (C=O) groups excluding carboxylic acids is 1. The molecule has 0 aliphatic carbocycles. The van der Waals surface area contributed by atoms with Crippen LogP contribution >= 0.6 is 0 Å². The van der Waals surface area contributed by atoms with Crippen LogP contribution in [0.15, 0.2) is 24.4 Å². The van der Waals surface area contributed by atoms with Crippen LogP contribution in [0.25, 0.3) is 5.69 Å². The second-order valence-electron chi connectivity index (χ2n) is 6.71. The van der Waals surface area contributed by atoms with Crippen molar-refractivity contribution in [1.82, 2.24) is 4.57 Å². The van der Waals surface area contributed by atoms with Crippen molar-refractivity contribution in [3.05, 3.63) is 41.2 Å². The fourth-order valence-electron chi connectivity index (χ4n) is 2.42. The van der Waals surface area contributed by atoms with Crippen LogP contribution in [0.2, 0.25) is 0 Å². The molecule has 2 aromatic rings. The van der Waals surface area contributed by atoms with E-state index in [9.17, 15) is 18.0 Å². The highest BCUT2D eigenvalue weighted by Crippen LogP contribution is 2.36. The standard InChI is InChI=1S/C18H18F3N3O3/c1-17(2,3)27-13-6-11(18(19,20)21)5-12(7-13)24-9-10(8-22)14(23)15(24)16(25)26-4/h5-7,9H,23H2,1-4H3. The van der Waals surface area contributed by atoms with Gasteiger partial charge in [-0.25, -0.2) is 4.79 Å². The molecule has 0 radical (unpaired) electrons. The number of nitriles is 1. The van der Waals surface area contributed by atoms with Crippen molar-refractivity contribution in [3.8, 4) is 17.5 Å². The molecule has 0 aliphatic heterocycles. The van der Waals surface area contributed by atoms with E-state index < -0.39 is 23.3 Å². The van der Waals surface area contributed by atoms with Gasteiger partial charge in [0.2, 0.25) is 0 Å². The Bertz CT molecular complexity index is 919. The van der Waals surface area contributed by atoms with Gasteiger partial charge in [0, 0.05) is 12.3 Å². The first-order valence-electron chi connectivity index (χ1n) is 7.78. The lowest BCUT2D eigenvalue weighted by molar-refractivity contribution is -0.137. The van der Waals surface area contributed by atoms with Gasteiger partial charge in [0.05, 0.1) is 29.6 Å². The number of nitrogens with two attached hydrogens (primary N) is 1. The Labute approximate surface area is 153 Å². The summed E-state index contributed by atoms with van der Waals surface area (Å²) in [6, 6.07) is 4.82. The van der Waals surface area contributed by atoms with E-state index in [2.05, 4.69) is 4.74 Å². The number of ether oxygens (including phenoxy) is 2. The Morgan fingerprint density at radius 3 is 2.33 bits per heavy atom. The zero-order valence-corrected chi connectivity index (χ0v) is 15.1. The van der Waals surface area contributed by atoms with Crippen molar-refractivity contribution < 1.29 is 27.4 Å². The molecule has 0 bridgehead atoms. The number of halogens is 3. The molecule has 27 heavy (non-hydrogen) atoms. The number of hydrogen-bond acceptors (Lipinski definition) is 5. The van der Waals surface area contributed by atoms with Gasteiger partial charge >= 0.3 is 12.1 Å². The molecule has 0 saturated carbocycles. The Kier molecular flexibility index (Phi) is 5.13. The van der Waals surface area contributed by atoms with E-state index in [1.165, 1.54) is 12.3 Å². The molecule has 144 valence electrons. The summed E-state index contributed by atoms with van der Waals surface area (Å²) in [7, 11) is 1.10. The van der Waals surface area contributed by atoms with Crippen LogP contribution in [-0.2, 0) is 10.9 Å². The van der Waals surface area contributed by atoms with E-state index in [4.69, 9.17) is 15.7 Å². The fraction of sp³-hybridized carbons (Fsp3) is 0.333. The third-order valence-electron chi connectivity index (χ3n) is 3.46. The maximum atomic E-state index is 13.3. The van der Waals surface area contributed by atoms with Gasteiger partial charge in [-0.05, 0) is 32.9 Å². The average molecular weight is 381 g/mol. The van der Waals surface area contributed by atoms with E-state index in [1.807, 2.05) is 0 Å². The molecule has 1 aromatic carbocycles. The van der Waals surface area contributed by atoms with E-state index in [0.29, 0.717) is 0 Å². The van der Waals surface area contributed by atoms with Crippen LogP contribution < -0.4 is 10.5 Å². The lowest BCUT2D eigenvalue weighted by Gasteiger charge is -2.23. The van der Waals surface area contributed by atoms with Crippen molar-refractivity contribution >= 4 is 11.7 Å². The van der Waals surface area contributed by atoms with Crippen molar-refractivity contribution in [3.63, 3.8) is 0 Å². The first-order chi connectivity index (χ1) is 12.4. The minimum atomic E-state index is -4.64. The quantitative estimate of drug-likeness (QED) is 0.814. The molecule has 0 spiro atoms. The third kappa shape index (κ3) is 4.34. The Hall–Kier alpha value is -3.15. The zero-order valence-electron chi connectivity index (χ0n) is 15.1. The summed E-state index contributed by atoms with van der Waals surface area (Å²) in [5.41, 5.74) is 3.54. The highest BCUT2D eigenvalue weighted by Gasteiger charge is 2.33. The fourth-order valence-corrected chi connectivity index (χ4v) is 2.42. The number of rotatable bonds is 3. The second-order valence-corrected chi connectivity index (χ2v) is 6.71. The number of esters is 1. The van der Waals surface area contributed by atoms with Crippen molar-refractivity contribution in [1.29, 1.82) is 5.26 Å². The van der Waals surface area contributed by atoms with Gasteiger partial charge in [0.25, 0.3) is 0 Å². The molecule has 0 atom stereocenters. The largest absolute Gasteiger partial charge is 0.488 e. The highest BCUT2D eigenvalue weighted by atomic mass is 19.4. The van der Waals surface area contributed by atoms with E-state index in [0.717, 1.165) is 23.8 Å². The summed E-state index contributed by atoms with van der Waals surface area (Å²) in [6.45, 7) is 5.07. The summed E-state index contributed by atoms with van der Waals surface area (Å²) in [5, 5.41) is 9.15. The smallest absolute Gasteiger partial charge is 0.416 e. The van der Waals surface area contributed by atoms with Crippen molar-refractivity contribution in [2.75, 3.05) is 12.8 Å². The number of benzene rings is 1. The monoisotopic (exact) mass is 381 g/mol. The summed E-state index contributed by atoms with van der Waals surface area (Å²) in [4.78, 5) is 12.1. The first kappa shape index (κ1) is 20.2. The number of hydrogen-bond donors (Lipinski definition) is 1. The minimum Gasteiger partial charge on any atom is -0.488 e. The first-order valence-corrected chi connectivity index (χ1v) is 7.78. The molecule has 6 nitrogen and oxygen atoms in total. The van der Waals surface area contributed by atoms with Gasteiger partial charge < -0.3 is 19.8 Å². The third-order valence-corrected chi connectivity index (χ3v) is 3.46. The molecule has 0 aliphatic rings. The normalized spacial score (nSPS) is 11.8. The SMILES string of the molecule is COC(=O)c1c(N)c(C#N)cn1-c1cc(OC(C)(C)C)cc(C(F)(F)F)c1. The van der Waals surface area contributed by atoms with Gasteiger partial charge in [0.1, 0.15) is 17.4 Å². The highest BCUT2D eigenvalue weighted by molar-refractivity contribution is 5.96. The van der Waals surface area contributed by atoms with Crippen LogP contribution in [0, 0.1) is 11.3 Å². The van der Waals surface area contributed by atoms with Crippen molar-refractivity contribution in [2.45, 2.75) is 32.5 Å². The molecular weight excluding hydrogens is 363 g/mol. The number of carbonyl (C=O) groups is 1. The molecule has 0 fully saturated rings. The number of anilines is 1. The molecule has 2 N–H and O–H groups in total. The number of nitrogens with zero attached hydrogens (tertiary/aromatic N) is 2. The maximum Gasteiger partial charge on any atom is 0.416 e. The lowest BCUT2D eigenvalue weighted by Crippen LogP contribution is -2.23. The van der Waals surface area contributed by atoms with Gasteiger partial charge in [-0.15, -0.1) is 0 Å². The molecular formula is C18H18F3N3O3. The molecule has 1 aromatic heterocycles. The zero-order chi connectivity index (χ0) is 20.6. The predicted octanol–water partition coefficient (Wildman–Crippen LogP) is 3.91. The van der Waals surface area contributed by atoms with Crippen molar-refractivity contribution in [2.24, 2.45) is 0 Å². The summed E-state index contributed by atoms with van der Waals surface area (Å²) in [5.74, 6) is -0.932. The summed E-state index contributed by atoms with van der Waals surface area (Å²) >= 11 is 0. The van der Waals surface area contributed by atoms with E-state index in [1.54, 1.807) is 26.8 Å². The van der Waals surface area contributed by atoms with Gasteiger partial charge in [-0.2, -0.15) is 18.4 Å². The van der Waals surface area contributed by atoms with E-state index in [-0.39, 0.29) is 28.4 Å². The number of alkyl halides is 3. The Morgan fingerprint density at radius 2 is 1.85 bits per heavy atom. The molecule has 0 saturated heterocycles. The number of aromatic nitrogens is 1. The Balaban J connectivity index is 2.77. The van der Waals surface area contributed by atoms with Gasteiger partial charge in [-0.1, -0.05) is 0 Å². The van der Waals surface area contributed by atoms with Gasteiger partial charge in [-0.3, -0.25) is 0 Å². The summed E-state index contributed by atoms with van der Waals surface area (Å²) in [6.07, 6.45) is -3.47. The van der Waals surface area contributed by atoms with Crippen LogP contribution in [0.1, 0.15) is 42.4 Å². The average Bonchev–Trinajstić information content (AvgIpc) is 2.88. The van der Waals surface area contributed by atoms with E-state index >= 15 is 0 Å². The Morgan fingerprint density at radius 1 is 1.22 bits per heavy atom. The van der Waals surface area contributed by atoms with Crippen LogP contribution in [0.4, 0.5) is 18.9 Å². The topological polar surface area (TPSA) is 90.3 Å². The summed E-state index contributed by atoms with van der Waals surface area (Å²) < 4.78 is 51.3. The molecule has 0 amide bonds. The van der Waals surface area contributed by atoms with Crippen LogP contribution in [-0.4, -0.2) is 23.2 Å². The maximum absolute atomic E-state index is 13.3. The second kappa shape index (κ2) is 6.87. The molecule has 0 unspecified atom stereocenters. The lowest BCUT2D eigenvalue weighted by atomic mass is 10.1. The predicted molar refractivity (Wildman–Crippen MR) is 91.6 cm³/mol. The van der Waals surface area contributed by atoms with Crippen LogP contribution in [0.3, 0.4) is 0 Å². The van der Waals surface area contributed by atoms with Crippen LogP contribution in [0.5, 0.6) is 5.75 Å². The number of nitrogen functional groups attached to an aromatic ring is 1. The molecule has 9 heteroatoms. The molecule has 2 rings (SSSR count). The number of methoxy groups -OCH3 is 1. The molecule has 1 heterocycles.